The van der Waals surface area contributed by atoms with Crippen LogP contribution in [0.15, 0.2) is 33.5 Å². The van der Waals surface area contributed by atoms with Gasteiger partial charge in [-0.15, -0.1) is 11.3 Å². The van der Waals surface area contributed by atoms with Gasteiger partial charge < -0.3 is 20.7 Å². The maximum Gasteiger partial charge on any atom is 0.326 e. The highest BCUT2D eigenvalue weighted by molar-refractivity contribution is 7.10. The molecule has 4 aromatic heterocycles. The van der Waals surface area contributed by atoms with Crippen molar-refractivity contribution in [3.05, 3.63) is 55.5 Å². The van der Waals surface area contributed by atoms with Crippen LogP contribution in [-0.2, 0) is 0 Å². The van der Waals surface area contributed by atoms with Gasteiger partial charge in [0, 0.05) is 53.3 Å². The van der Waals surface area contributed by atoms with Crippen molar-refractivity contribution in [2.24, 2.45) is 10.7 Å². The van der Waals surface area contributed by atoms with E-state index in [9.17, 15) is 9.90 Å². The maximum atomic E-state index is 11.6. The fourth-order valence-corrected chi connectivity index (χ4v) is 5.20. The number of nitrogens with two attached hydrogens (primary N) is 1. The Labute approximate surface area is 204 Å². The van der Waals surface area contributed by atoms with Gasteiger partial charge in [-0.05, 0) is 32.0 Å². The zero-order valence-electron chi connectivity index (χ0n) is 19.3. The van der Waals surface area contributed by atoms with Crippen LogP contribution in [0.1, 0.15) is 29.6 Å². The molecule has 0 aromatic carbocycles. The van der Waals surface area contributed by atoms with Gasteiger partial charge in [0.15, 0.2) is 11.1 Å². The minimum atomic E-state index is -0.481. The lowest BCUT2D eigenvalue weighted by atomic mass is 10.2. The number of hydrogen-bond acceptors (Lipinski definition) is 9. The smallest absolute Gasteiger partial charge is 0.326 e. The molecule has 4 aromatic rings. The van der Waals surface area contributed by atoms with Gasteiger partial charge >= 0.3 is 5.69 Å². The number of aromatic nitrogens is 5. The Bertz CT molecular complexity index is 1550. The molecule has 12 heteroatoms. The molecule has 0 radical (unpaired) electrons. The number of aromatic amines is 2. The summed E-state index contributed by atoms with van der Waals surface area (Å²) in [7, 11) is 2.13. The van der Waals surface area contributed by atoms with E-state index < -0.39 is 5.69 Å². The molecule has 0 spiro atoms. The number of fused-ring (bicyclic) bond motifs is 1. The maximum absolute atomic E-state index is 11.6. The second-order valence-corrected chi connectivity index (χ2v) is 10.1. The van der Waals surface area contributed by atoms with E-state index in [0.29, 0.717) is 16.9 Å². The third-order valence-electron chi connectivity index (χ3n) is 6.52. The molecule has 35 heavy (non-hydrogen) atoms. The molecule has 1 saturated carbocycles. The van der Waals surface area contributed by atoms with Crippen LogP contribution >= 0.6 is 11.3 Å². The van der Waals surface area contributed by atoms with Crippen LogP contribution in [0.4, 0.5) is 0 Å². The van der Waals surface area contributed by atoms with Gasteiger partial charge in [0.2, 0.25) is 5.88 Å². The normalized spacial score (nSPS) is 19.7. The van der Waals surface area contributed by atoms with Gasteiger partial charge in [0.1, 0.15) is 5.69 Å². The topological polar surface area (TPSA) is 144 Å². The van der Waals surface area contributed by atoms with Crippen LogP contribution in [0.5, 0.6) is 5.88 Å². The second kappa shape index (κ2) is 8.72. The van der Waals surface area contributed by atoms with Gasteiger partial charge in [-0.25, -0.2) is 9.78 Å². The number of rotatable bonds is 5. The number of hydrogen-bond donors (Lipinski definition) is 4. The SMILES string of the molecule is CN1CCN(C(N)c2cc(-c3cc(=NC4CC4)n4ncc(=Cc5[nH]c(=O)[nH]c5O)c4n3)cs2)CC1. The molecule has 0 bridgehead atoms. The quantitative estimate of drug-likeness (QED) is 0.306. The summed E-state index contributed by atoms with van der Waals surface area (Å²) in [4.78, 5) is 31.9. The number of thiophene rings is 1. The standard InChI is InChI=1S/C23H27N9O2S/c1-30-4-6-31(7-5-30)20(24)18-9-14(12-35-18)16-10-19(26-15-2-3-15)32-21(27-16)13(11-25-32)8-17-22(33)29-23(34)28-17/h8-12,15,20,33H,2-7,24H2,1H3,(H2,28,29,34). The van der Waals surface area contributed by atoms with Crippen LogP contribution in [0.2, 0.25) is 0 Å². The Kier molecular flexibility index (Phi) is 5.52. The zero-order valence-corrected chi connectivity index (χ0v) is 20.1. The number of aromatic hydroxyl groups is 1. The Balaban J connectivity index is 1.42. The van der Waals surface area contributed by atoms with Crippen molar-refractivity contribution in [3.8, 4) is 17.1 Å². The Hall–Kier alpha value is -3.32. The predicted octanol–water partition coefficient (Wildman–Crippen LogP) is -0.00470. The van der Waals surface area contributed by atoms with E-state index in [0.717, 1.165) is 60.6 Å². The van der Waals surface area contributed by atoms with Crippen molar-refractivity contribution in [3.63, 3.8) is 0 Å². The van der Waals surface area contributed by atoms with Crippen LogP contribution < -0.4 is 22.1 Å². The number of nitrogens with zero attached hydrogens (tertiary/aromatic N) is 6. The molecule has 6 rings (SSSR count). The van der Waals surface area contributed by atoms with Gasteiger partial charge in [0.25, 0.3) is 0 Å². The molecule has 1 aliphatic heterocycles. The number of nitrogens with one attached hydrogen (secondary N) is 2. The van der Waals surface area contributed by atoms with E-state index in [-0.39, 0.29) is 17.7 Å². The number of imidazole rings is 1. The minimum Gasteiger partial charge on any atom is -0.493 e. The third-order valence-corrected chi connectivity index (χ3v) is 7.52. The molecule has 0 amide bonds. The molecular formula is C23H27N9O2S. The Morgan fingerprint density at radius 1 is 1.26 bits per heavy atom. The van der Waals surface area contributed by atoms with Crippen LogP contribution in [0, 0.1) is 0 Å². The van der Waals surface area contributed by atoms with Gasteiger partial charge in [-0.2, -0.15) is 9.61 Å². The number of likely N-dealkylation sites (N-methyl/N-ethyl adjacent to an activating group) is 1. The van der Waals surface area contributed by atoms with Crippen molar-refractivity contribution in [2.45, 2.75) is 25.0 Å². The lowest BCUT2D eigenvalue weighted by Crippen LogP contribution is -2.47. The summed E-state index contributed by atoms with van der Waals surface area (Å²) in [6, 6.07) is 4.38. The van der Waals surface area contributed by atoms with Gasteiger partial charge in [-0.3, -0.25) is 14.9 Å². The van der Waals surface area contributed by atoms with E-state index in [2.05, 4.69) is 43.4 Å². The first-order chi connectivity index (χ1) is 16.9. The molecule has 2 fully saturated rings. The molecule has 1 atom stereocenters. The molecule has 1 saturated heterocycles. The minimum absolute atomic E-state index is 0.144. The lowest BCUT2D eigenvalue weighted by molar-refractivity contribution is 0.115. The average Bonchev–Trinajstić information content (AvgIpc) is 3.23. The summed E-state index contributed by atoms with van der Waals surface area (Å²) < 4.78 is 1.71. The van der Waals surface area contributed by atoms with E-state index in [4.69, 9.17) is 15.7 Å². The van der Waals surface area contributed by atoms with Gasteiger partial charge in [-0.1, -0.05) is 0 Å². The average molecular weight is 494 g/mol. The molecule has 1 unspecified atom stereocenters. The summed E-state index contributed by atoms with van der Waals surface area (Å²) in [5.41, 5.74) is 9.50. The third kappa shape index (κ3) is 4.41. The summed E-state index contributed by atoms with van der Waals surface area (Å²) in [6.45, 7) is 3.92. The highest BCUT2D eigenvalue weighted by Gasteiger charge is 2.23. The van der Waals surface area contributed by atoms with E-state index in [1.165, 1.54) is 0 Å². The number of piperazine rings is 1. The van der Waals surface area contributed by atoms with Crippen molar-refractivity contribution >= 4 is 23.1 Å². The monoisotopic (exact) mass is 493 g/mol. The fraction of sp³-hybridized carbons (Fsp3) is 0.391. The zero-order chi connectivity index (χ0) is 24.1. The predicted molar refractivity (Wildman–Crippen MR) is 133 cm³/mol. The van der Waals surface area contributed by atoms with E-state index in [1.807, 2.05) is 6.07 Å². The molecule has 182 valence electrons. The van der Waals surface area contributed by atoms with Crippen molar-refractivity contribution in [2.75, 3.05) is 33.2 Å². The van der Waals surface area contributed by atoms with Crippen LogP contribution in [0.25, 0.3) is 23.0 Å². The molecule has 2 aliphatic rings. The van der Waals surface area contributed by atoms with Crippen molar-refractivity contribution < 1.29 is 5.11 Å². The fourth-order valence-electron chi connectivity index (χ4n) is 4.27. The lowest BCUT2D eigenvalue weighted by Gasteiger charge is -2.35. The first-order valence-corrected chi connectivity index (χ1v) is 12.5. The first-order valence-electron chi connectivity index (χ1n) is 11.7. The summed E-state index contributed by atoms with van der Waals surface area (Å²) in [5.74, 6) is -0.228. The van der Waals surface area contributed by atoms with Crippen LogP contribution in [-0.4, -0.2) is 78.7 Å². The Morgan fingerprint density at radius 3 is 2.77 bits per heavy atom. The molecule has 5 N–H and O–H groups in total. The number of H-pyrrole nitrogens is 2. The molecular weight excluding hydrogens is 466 g/mol. The summed E-state index contributed by atoms with van der Waals surface area (Å²) in [6.07, 6.45) is 5.30. The molecule has 5 heterocycles. The largest absolute Gasteiger partial charge is 0.493 e. The van der Waals surface area contributed by atoms with Crippen molar-refractivity contribution in [1.29, 1.82) is 0 Å². The van der Waals surface area contributed by atoms with E-state index >= 15 is 0 Å². The van der Waals surface area contributed by atoms with E-state index in [1.54, 1.807) is 28.1 Å². The van der Waals surface area contributed by atoms with Gasteiger partial charge in [0.05, 0.1) is 24.1 Å². The molecule has 1 aliphatic carbocycles. The highest BCUT2D eigenvalue weighted by Crippen LogP contribution is 2.29. The highest BCUT2D eigenvalue weighted by atomic mass is 32.1. The van der Waals surface area contributed by atoms with Crippen molar-refractivity contribution in [1.82, 2.24) is 34.4 Å². The van der Waals surface area contributed by atoms with Crippen LogP contribution in [0.3, 0.4) is 0 Å². The first kappa shape index (κ1) is 22.2. The Morgan fingerprint density at radius 2 is 2.06 bits per heavy atom. The second-order valence-electron chi connectivity index (χ2n) is 9.20. The molecule has 11 nitrogen and oxygen atoms in total. The summed E-state index contributed by atoms with van der Waals surface area (Å²) >= 11 is 1.64. The summed E-state index contributed by atoms with van der Waals surface area (Å²) in [5, 5.41) is 17.2.